The minimum absolute atomic E-state index is 0.00498. The van der Waals surface area contributed by atoms with Gasteiger partial charge in [-0.05, 0) is 56.2 Å². The van der Waals surface area contributed by atoms with Crippen LogP contribution in [0.25, 0.3) is 0 Å². The van der Waals surface area contributed by atoms with Crippen molar-refractivity contribution >= 4 is 14.3 Å². The number of allylic oxidation sites excluding steroid dienone is 1. The van der Waals surface area contributed by atoms with Crippen molar-refractivity contribution in [1.82, 2.24) is 0 Å². The summed E-state index contributed by atoms with van der Waals surface area (Å²) >= 11 is 0. The maximum Gasteiger partial charge on any atom is 0.330 e. The van der Waals surface area contributed by atoms with E-state index in [-0.39, 0.29) is 11.0 Å². The third-order valence-electron chi connectivity index (χ3n) is 5.16. The number of carbonyl (C=O) groups excluding carboxylic acids is 1. The van der Waals surface area contributed by atoms with E-state index in [1.807, 2.05) is 26.1 Å². The van der Waals surface area contributed by atoms with E-state index in [0.29, 0.717) is 18.4 Å². The van der Waals surface area contributed by atoms with E-state index in [4.69, 9.17) is 4.74 Å². The molecule has 0 radical (unpaired) electrons. The van der Waals surface area contributed by atoms with Crippen LogP contribution in [-0.2, 0) is 9.53 Å². The van der Waals surface area contributed by atoms with Gasteiger partial charge in [-0.25, -0.2) is 4.79 Å². The molecule has 1 aliphatic rings. The standard InChI is InChI=1S/C17H32O3Si/c1-6-20-16(18)12-11-14-9-7-8-10-15(14)13-17(2,3)21(4,5)19/h11-12,14-15,19H,6-10,13H2,1-5H3/b12-11+/t14-,15+/m0/s1. The summed E-state index contributed by atoms with van der Waals surface area (Å²) in [6, 6.07) is 0. The van der Waals surface area contributed by atoms with Crippen molar-refractivity contribution in [2.45, 2.75) is 71.0 Å². The van der Waals surface area contributed by atoms with Crippen LogP contribution in [0.15, 0.2) is 12.2 Å². The topological polar surface area (TPSA) is 46.5 Å². The molecule has 0 heterocycles. The van der Waals surface area contributed by atoms with Gasteiger partial charge in [0.15, 0.2) is 8.32 Å². The molecule has 1 saturated carbocycles. The fourth-order valence-corrected chi connectivity index (χ4v) is 3.80. The third-order valence-corrected chi connectivity index (χ3v) is 8.68. The van der Waals surface area contributed by atoms with E-state index in [2.05, 4.69) is 13.8 Å². The maximum absolute atomic E-state index is 11.5. The minimum Gasteiger partial charge on any atom is -0.463 e. The van der Waals surface area contributed by atoms with Gasteiger partial charge >= 0.3 is 5.97 Å². The number of hydrogen-bond donors (Lipinski definition) is 1. The fourth-order valence-electron chi connectivity index (χ4n) is 3.04. The quantitative estimate of drug-likeness (QED) is 0.452. The average molecular weight is 313 g/mol. The molecule has 0 amide bonds. The van der Waals surface area contributed by atoms with Crippen LogP contribution in [0.2, 0.25) is 18.1 Å². The van der Waals surface area contributed by atoms with Gasteiger partial charge in [-0.2, -0.15) is 0 Å². The molecule has 0 aromatic heterocycles. The molecule has 3 nitrogen and oxygen atoms in total. The Balaban J connectivity index is 2.72. The highest BCUT2D eigenvalue weighted by molar-refractivity contribution is 6.72. The molecule has 1 fully saturated rings. The first-order valence-corrected chi connectivity index (χ1v) is 11.2. The molecule has 4 heteroatoms. The van der Waals surface area contributed by atoms with Crippen LogP contribution >= 0.6 is 0 Å². The molecule has 21 heavy (non-hydrogen) atoms. The second-order valence-electron chi connectivity index (χ2n) is 7.47. The maximum atomic E-state index is 11.5. The minimum atomic E-state index is -2.17. The van der Waals surface area contributed by atoms with Crippen LogP contribution < -0.4 is 0 Å². The average Bonchev–Trinajstić information content (AvgIpc) is 2.36. The van der Waals surface area contributed by atoms with Crippen LogP contribution in [0.1, 0.15) is 52.9 Å². The van der Waals surface area contributed by atoms with Crippen molar-refractivity contribution in [3.8, 4) is 0 Å². The number of esters is 1. The van der Waals surface area contributed by atoms with Crippen molar-refractivity contribution in [2.24, 2.45) is 11.8 Å². The number of hydrogen-bond acceptors (Lipinski definition) is 3. The molecule has 122 valence electrons. The highest BCUT2D eigenvalue weighted by Crippen LogP contribution is 2.46. The van der Waals surface area contributed by atoms with Gasteiger partial charge in [-0.15, -0.1) is 0 Å². The largest absolute Gasteiger partial charge is 0.463 e. The summed E-state index contributed by atoms with van der Waals surface area (Å²) in [6.45, 7) is 10.7. The lowest BCUT2D eigenvalue weighted by molar-refractivity contribution is -0.137. The van der Waals surface area contributed by atoms with E-state index in [0.717, 1.165) is 12.8 Å². The summed E-state index contributed by atoms with van der Waals surface area (Å²) in [6.07, 6.45) is 9.52. The molecule has 0 aromatic rings. The smallest absolute Gasteiger partial charge is 0.330 e. The van der Waals surface area contributed by atoms with E-state index >= 15 is 0 Å². The van der Waals surface area contributed by atoms with Gasteiger partial charge in [0.1, 0.15) is 0 Å². The summed E-state index contributed by atoms with van der Waals surface area (Å²) in [7, 11) is -2.17. The molecule has 0 spiro atoms. The van der Waals surface area contributed by atoms with E-state index < -0.39 is 8.32 Å². The number of carbonyl (C=O) groups is 1. The molecule has 0 aromatic carbocycles. The normalized spacial score (nSPS) is 24.3. The van der Waals surface area contributed by atoms with Gasteiger partial charge in [0.25, 0.3) is 0 Å². The van der Waals surface area contributed by atoms with Gasteiger partial charge in [0.05, 0.1) is 6.61 Å². The lowest BCUT2D eigenvalue weighted by Gasteiger charge is -2.41. The van der Waals surface area contributed by atoms with Crippen LogP contribution in [0.4, 0.5) is 0 Å². The Hall–Kier alpha value is -0.613. The SMILES string of the molecule is CCOC(=O)/C=C/[C@@H]1CCCC[C@@H]1CC(C)(C)[Si](C)(C)O. The number of ether oxygens (including phenoxy) is 1. The molecule has 1 rings (SSSR count). The fraction of sp³-hybridized carbons (Fsp3) is 0.824. The Labute approximate surface area is 130 Å². The summed E-state index contributed by atoms with van der Waals surface area (Å²) in [5, 5.41) is 0.00498. The summed E-state index contributed by atoms with van der Waals surface area (Å²) < 4.78 is 4.96. The van der Waals surface area contributed by atoms with Crippen LogP contribution in [-0.4, -0.2) is 25.7 Å². The first-order chi connectivity index (χ1) is 9.67. The predicted molar refractivity (Wildman–Crippen MR) is 89.6 cm³/mol. The zero-order valence-corrected chi connectivity index (χ0v) is 15.3. The highest BCUT2D eigenvalue weighted by Gasteiger charge is 2.41. The molecule has 1 N–H and O–H groups in total. The van der Waals surface area contributed by atoms with Crippen molar-refractivity contribution in [1.29, 1.82) is 0 Å². The van der Waals surface area contributed by atoms with Crippen molar-refractivity contribution in [3.05, 3.63) is 12.2 Å². The second-order valence-corrected chi connectivity index (χ2v) is 11.9. The highest BCUT2D eigenvalue weighted by atomic mass is 28.4. The van der Waals surface area contributed by atoms with Crippen LogP contribution in [0.3, 0.4) is 0 Å². The Morgan fingerprint density at radius 3 is 2.52 bits per heavy atom. The van der Waals surface area contributed by atoms with Gasteiger partial charge in [-0.1, -0.05) is 32.8 Å². The van der Waals surface area contributed by atoms with Crippen molar-refractivity contribution < 1.29 is 14.3 Å². The Morgan fingerprint density at radius 2 is 1.95 bits per heavy atom. The Bertz CT molecular complexity index is 369. The van der Waals surface area contributed by atoms with Crippen LogP contribution in [0.5, 0.6) is 0 Å². The molecule has 2 atom stereocenters. The predicted octanol–water partition coefficient (Wildman–Crippen LogP) is 4.28. The lowest BCUT2D eigenvalue weighted by Crippen LogP contribution is -2.41. The van der Waals surface area contributed by atoms with Crippen molar-refractivity contribution in [3.63, 3.8) is 0 Å². The third kappa shape index (κ3) is 5.59. The lowest BCUT2D eigenvalue weighted by atomic mass is 9.75. The molecular formula is C17H32O3Si. The number of rotatable bonds is 6. The molecule has 0 bridgehead atoms. The zero-order chi connectivity index (χ0) is 16.1. The first kappa shape index (κ1) is 18.4. The zero-order valence-electron chi connectivity index (χ0n) is 14.3. The van der Waals surface area contributed by atoms with Gasteiger partial charge in [-0.3, -0.25) is 0 Å². The summed E-state index contributed by atoms with van der Waals surface area (Å²) in [4.78, 5) is 22.0. The Kier molecular flexibility index (Phi) is 6.66. The second kappa shape index (κ2) is 7.59. The van der Waals surface area contributed by atoms with Gasteiger partial charge < -0.3 is 9.53 Å². The van der Waals surface area contributed by atoms with E-state index in [1.54, 1.807) is 6.08 Å². The molecule has 0 unspecified atom stereocenters. The summed E-state index contributed by atoms with van der Waals surface area (Å²) in [5.41, 5.74) is 0. The molecule has 1 aliphatic carbocycles. The molecule has 0 saturated heterocycles. The first-order valence-electron chi connectivity index (χ1n) is 8.24. The monoisotopic (exact) mass is 312 g/mol. The van der Waals surface area contributed by atoms with Crippen molar-refractivity contribution in [2.75, 3.05) is 6.61 Å². The Morgan fingerprint density at radius 1 is 1.33 bits per heavy atom. The summed E-state index contributed by atoms with van der Waals surface area (Å²) in [5.74, 6) is 0.773. The molecule has 0 aliphatic heterocycles. The van der Waals surface area contributed by atoms with E-state index in [9.17, 15) is 9.59 Å². The van der Waals surface area contributed by atoms with Crippen LogP contribution in [0, 0.1) is 11.8 Å². The van der Waals surface area contributed by atoms with Gasteiger partial charge in [0.2, 0.25) is 0 Å². The van der Waals surface area contributed by atoms with Gasteiger partial charge in [0, 0.05) is 6.08 Å². The van der Waals surface area contributed by atoms with E-state index in [1.165, 1.54) is 19.3 Å². The molecular weight excluding hydrogens is 280 g/mol.